The van der Waals surface area contributed by atoms with E-state index in [4.69, 9.17) is 14.8 Å². The molecule has 0 saturated heterocycles. The van der Waals surface area contributed by atoms with E-state index in [1.54, 1.807) is 7.11 Å². The molecule has 0 bridgehead atoms. The molecule has 4 rings (SSSR count). The number of nitrogens with one attached hydrogen (secondary N) is 1. The first-order valence-corrected chi connectivity index (χ1v) is 8.43. The number of ether oxygens (including phenoxy) is 1. The van der Waals surface area contributed by atoms with Crippen LogP contribution >= 0.6 is 0 Å². The van der Waals surface area contributed by atoms with Gasteiger partial charge in [-0.25, -0.2) is 0 Å². The number of nitrogens with zero attached hydrogens (tertiary/aromatic N) is 2. The van der Waals surface area contributed by atoms with E-state index in [2.05, 4.69) is 34.8 Å². The van der Waals surface area contributed by atoms with Gasteiger partial charge in [-0.3, -0.25) is 4.99 Å². The molecule has 2 aromatic heterocycles. The van der Waals surface area contributed by atoms with E-state index >= 15 is 0 Å². The molecule has 0 aliphatic rings. The molecule has 0 aliphatic heterocycles. The number of benzene rings is 2. The van der Waals surface area contributed by atoms with E-state index in [-0.39, 0.29) is 6.61 Å². The highest BCUT2D eigenvalue weighted by Gasteiger charge is 2.13. The molecule has 5 heteroatoms. The van der Waals surface area contributed by atoms with Crippen molar-refractivity contribution in [3.05, 3.63) is 47.8 Å². The van der Waals surface area contributed by atoms with Gasteiger partial charge in [0, 0.05) is 36.5 Å². The number of aryl methyl sites for hydroxylation is 1. The Morgan fingerprint density at radius 3 is 2.80 bits per heavy atom. The lowest BCUT2D eigenvalue weighted by molar-refractivity contribution is 0.291. The summed E-state index contributed by atoms with van der Waals surface area (Å²) in [5, 5.41) is 13.4. The standard InChI is InChI=1S/C20H21N3O2/c1-23-17-9-8-13(25-2)12-15(17)19(21-10-5-11-24)18-14-6-3-4-7-16(14)22-20(18)23/h3-4,6-9,12,22,24H,5,10-11H2,1-2H3. The summed E-state index contributed by atoms with van der Waals surface area (Å²) in [6.45, 7) is 0.730. The van der Waals surface area contributed by atoms with Gasteiger partial charge >= 0.3 is 0 Å². The van der Waals surface area contributed by atoms with Crippen molar-refractivity contribution in [1.29, 1.82) is 0 Å². The Kier molecular flexibility index (Phi) is 3.93. The average Bonchev–Trinajstić information content (AvgIpc) is 3.04. The van der Waals surface area contributed by atoms with Crippen LogP contribution in [0.15, 0.2) is 47.5 Å². The third-order valence-corrected chi connectivity index (χ3v) is 4.66. The molecule has 0 saturated carbocycles. The van der Waals surface area contributed by atoms with Crippen LogP contribution in [-0.4, -0.2) is 34.9 Å². The fraction of sp³-hybridized carbons (Fsp3) is 0.250. The highest BCUT2D eigenvalue weighted by Crippen LogP contribution is 2.27. The molecule has 0 atom stereocenters. The predicted molar refractivity (Wildman–Crippen MR) is 101 cm³/mol. The molecule has 0 amide bonds. The van der Waals surface area contributed by atoms with Gasteiger partial charge in [0.25, 0.3) is 0 Å². The highest BCUT2D eigenvalue weighted by molar-refractivity contribution is 6.09. The van der Waals surface area contributed by atoms with Gasteiger partial charge in [-0.15, -0.1) is 0 Å². The van der Waals surface area contributed by atoms with E-state index < -0.39 is 0 Å². The molecule has 0 fully saturated rings. The second-order valence-corrected chi connectivity index (χ2v) is 6.14. The lowest BCUT2D eigenvalue weighted by atomic mass is 10.1. The van der Waals surface area contributed by atoms with Crippen molar-refractivity contribution in [2.75, 3.05) is 20.3 Å². The van der Waals surface area contributed by atoms with Gasteiger partial charge in [-0.1, -0.05) is 18.2 Å². The number of aromatic amines is 1. The number of hydrogen-bond donors (Lipinski definition) is 2. The second-order valence-electron chi connectivity index (χ2n) is 6.14. The van der Waals surface area contributed by atoms with Gasteiger partial charge in [-0.05, 0) is 30.7 Å². The normalized spacial score (nSPS) is 12.5. The van der Waals surface area contributed by atoms with Crippen LogP contribution in [0.2, 0.25) is 0 Å². The van der Waals surface area contributed by atoms with Crippen LogP contribution < -0.4 is 10.1 Å². The van der Waals surface area contributed by atoms with Crippen molar-refractivity contribution < 1.29 is 9.84 Å². The largest absolute Gasteiger partial charge is 0.497 e. The quantitative estimate of drug-likeness (QED) is 0.563. The van der Waals surface area contributed by atoms with Crippen LogP contribution in [0.1, 0.15) is 6.42 Å². The van der Waals surface area contributed by atoms with Crippen molar-refractivity contribution in [1.82, 2.24) is 9.55 Å². The number of para-hydroxylation sites is 1. The van der Waals surface area contributed by atoms with Crippen molar-refractivity contribution in [2.24, 2.45) is 12.0 Å². The third-order valence-electron chi connectivity index (χ3n) is 4.66. The van der Waals surface area contributed by atoms with Crippen LogP contribution in [0.5, 0.6) is 5.75 Å². The predicted octanol–water partition coefficient (Wildman–Crippen LogP) is 3.10. The molecule has 2 N–H and O–H groups in total. The van der Waals surface area contributed by atoms with Crippen LogP contribution in [-0.2, 0) is 7.05 Å². The van der Waals surface area contributed by atoms with E-state index in [0.717, 1.165) is 43.9 Å². The fourth-order valence-electron chi connectivity index (χ4n) is 3.42. The second kappa shape index (κ2) is 6.26. The Bertz CT molecular complexity index is 1140. The van der Waals surface area contributed by atoms with E-state index in [9.17, 15) is 0 Å². The first-order valence-electron chi connectivity index (χ1n) is 8.43. The summed E-state index contributed by atoms with van der Waals surface area (Å²) in [7, 11) is 3.73. The third kappa shape index (κ3) is 2.48. The van der Waals surface area contributed by atoms with Crippen LogP contribution in [0.4, 0.5) is 0 Å². The summed E-state index contributed by atoms with van der Waals surface area (Å²) >= 11 is 0. The van der Waals surface area contributed by atoms with E-state index in [1.165, 1.54) is 0 Å². The maximum Gasteiger partial charge on any atom is 0.120 e. The zero-order valence-electron chi connectivity index (χ0n) is 14.4. The number of rotatable bonds is 4. The van der Waals surface area contributed by atoms with Gasteiger partial charge in [-0.2, -0.15) is 0 Å². The average molecular weight is 335 g/mol. The molecule has 5 nitrogen and oxygen atoms in total. The monoisotopic (exact) mass is 335 g/mol. The Morgan fingerprint density at radius 2 is 2.00 bits per heavy atom. The summed E-state index contributed by atoms with van der Waals surface area (Å²) < 4.78 is 7.59. The molecule has 0 spiro atoms. The molecule has 0 aliphatic carbocycles. The number of fused-ring (bicyclic) bond motifs is 4. The first-order chi connectivity index (χ1) is 12.2. The number of H-pyrrole nitrogens is 1. The van der Waals surface area contributed by atoms with Gasteiger partial charge in [0.15, 0.2) is 0 Å². The summed E-state index contributed by atoms with van der Waals surface area (Å²) in [5.74, 6) is 0.810. The lowest BCUT2D eigenvalue weighted by Crippen LogP contribution is -2.11. The van der Waals surface area contributed by atoms with E-state index in [1.807, 2.05) is 24.3 Å². The van der Waals surface area contributed by atoms with Crippen molar-refractivity contribution in [2.45, 2.75) is 6.42 Å². The Balaban J connectivity index is 2.22. The van der Waals surface area contributed by atoms with Crippen molar-refractivity contribution in [3.63, 3.8) is 0 Å². The van der Waals surface area contributed by atoms with Crippen LogP contribution in [0, 0.1) is 0 Å². The number of hydrogen-bond acceptors (Lipinski definition) is 3. The molecule has 128 valence electrons. The summed E-state index contributed by atoms with van der Waals surface area (Å²) in [4.78, 5) is 8.36. The molecular weight excluding hydrogens is 314 g/mol. The zero-order chi connectivity index (χ0) is 17.4. The van der Waals surface area contributed by atoms with E-state index in [0.29, 0.717) is 13.0 Å². The minimum absolute atomic E-state index is 0.141. The first kappa shape index (κ1) is 15.7. The maximum atomic E-state index is 9.14. The highest BCUT2D eigenvalue weighted by atomic mass is 16.5. The number of methoxy groups -OCH3 is 1. The van der Waals surface area contributed by atoms with Crippen molar-refractivity contribution >= 4 is 32.8 Å². The molecule has 4 aromatic rings. The van der Waals surface area contributed by atoms with Gasteiger partial charge in [0.2, 0.25) is 0 Å². The zero-order valence-corrected chi connectivity index (χ0v) is 14.4. The fourth-order valence-corrected chi connectivity index (χ4v) is 3.42. The number of pyridine rings is 1. The van der Waals surface area contributed by atoms with Crippen molar-refractivity contribution in [3.8, 4) is 5.75 Å². The molecule has 0 unspecified atom stereocenters. The Labute approximate surface area is 145 Å². The number of aliphatic hydroxyl groups excluding tert-OH is 1. The smallest absolute Gasteiger partial charge is 0.120 e. The molecular formula is C20H21N3O2. The minimum atomic E-state index is 0.141. The number of aliphatic hydroxyl groups is 1. The minimum Gasteiger partial charge on any atom is -0.497 e. The summed E-state index contributed by atoms with van der Waals surface area (Å²) in [6, 6.07) is 14.3. The SMILES string of the molecule is COc1ccc2c(c1)c(=NCCCO)c1c3ccccc3[nH]c1n2C. The van der Waals surface area contributed by atoms with Crippen LogP contribution in [0.25, 0.3) is 32.8 Å². The molecule has 2 aromatic carbocycles. The number of aromatic nitrogens is 2. The summed E-state index contributed by atoms with van der Waals surface area (Å²) in [6.07, 6.45) is 0.649. The van der Waals surface area contributed by atoms with Crippen LogP contribution in [0.3, 0.4) is 0 Å². The Morgan fingerprint density at radius 1 is 1.16 bits per heavy atom. The lowest BCUT2D eigenvalue weighted by Gasteiger charge is -2.11. The van der Waals surface area contributed by atoms with Gasteiger partial charge in [0.1, 0.15) is 11.4 Å². The molecule has 25 heavy (non-hydrogen) atoms. The molecule has 0 radical (unpaired) electrons. The Hall–Kier alpha value is -2.79. The van der Waals surface area contributed by atoms with Gasteiger partial charge < -0.3 is 19.4 Å². The topological polar surface area (TPSA) is 62.5 Å². The maximum absolute atomic E-state index is 9.14. The summed E-state index contributed by atoms with van der Waals surface area (Å²) in [5.41, 5.74) is 3.22. The molecule has 2 heterocycles. The van der Waals surface area contributed by atoms with Gasteiger partial charge in [0.05, 0.1) is 23.4 Å².